The molecule has 0 amide bonds. The number of benzene rings is 2. The summed E-state index contributed by atoms with van der Waals surface area (Å²) in [6, 6.07) is 19.5. The number of halogens is 1. The molecule has 2 atom stereocenters. The van der Waals surface area contributed by atoms with E-state index in [9.17, 15) is 4.21 Å². The molecule has 0 aliphatic carbocycles. The molecule has 0 spiro atoms. The third-order valence-corrected chi connectivity index (χ3v) is 7.12. The van der Waals surface area contributed by atoms with Crippen molar-refractivity contribution in [2.75, 3.05) is 0 Å². The first-order valence-electron chi connectivity index (χ1n) is 7.59. The molecule has 120 valence electrons. The fraction of sp³-hybridized carbons (Fsp3) is 0.105. The van der Waals surface area contributed by atoms with Crippen LogP contribution in [-0.2, 0) is 10.8 Å². The molecule has 0 bridgehead atoms. The van der Waals surface area contributed by atoms with E-state index in [0.717, 1.165) is 26.7 Å². The highest BCUT2D eigenvalue weighted by Gasteiger charge is 2.28. The Morgan fingerprint density at radius 2 is 1.83 bits per heavy atom. The molecule has 0 N–H and O–H groups in total. The van der Waals surface area contributed by atoms with E-state index in [4.69, 9.17) is 16.6 Å². The second-order valence-corrected chi connectivity index (χ2v) is 8.56. The van der Waals surface area contributed by atoms with Crippen LogP contribution in [0.1, 0.15) is 22.1 Å². The Balaban J connectivity index is 1.86. The molecule has 3 aromatic rings. The fourth-order valence-electron chi connectivity index (χ4n) is 2.82. The van der Waals surface area contributed by atoms with Gasteiger partial charge in [0.15, 0.2) is 0 Å². The first-order chi connectivity index (χ1) is 11.7. The van der Waals surface area contributed by atoms with Crippen LogP contribution in [-0.4, -0.2) is 9.92 Å². The highest BCUT2D eigenvalue weighted by Crippen LogP contribution is 2.39. The van der Waals surface area contributed by atoms with E-state index < -0.39 is 10.8 Å². The zero-order valence-electron chi connectivity index (χ0n) is 12.7. The van der Waals surface area contributed by atoms with Crippen LogP contribution in [0.3, 0.4) is 0 Å². The second kappa shape index (κ2) is 6.63. The largest absolute Gasteiger partial charge is 0.254 e. The number of para-hydroxylation sites is 1. The Morgan fingerprint density at radius 1 is 1.04 bits per heavy atom. The summed E-state index contributed by atoms with van der Waals surface area (Å²) in [6.07, 6.45) is 0.642. The number of hydrogen-bond donors (Lipinski definition) is 0. The maximum absolute atomic E-state index is 13.2. The lowest BCUT2D eigenvalue weighted by atomic mass is 10.0. The summed E-state index contributed by atoms with van der Waals surface area (Å²) in [5.74, 6) is 0. The normalized spacial score (nSPS) is 20.1. The van der Waals surface area contributed by atoms with Crippen molar-refractivity contribution in [3.05, 3.63) is 81.5 Å². The third kappa shape index (κ3) is 2.97. The number of nitrogens with zero attached hydrogens (tertiary/aromatic N) is 1. The molecule has 5 heteroatoms. The lowest BCUT2D eigenvalue weighted by Gasteiger charge is -2.14. The molecule has 0 radical (unpaired) electrons. The van der Waals surface area contributed by atoms with Gasteiger partial charge in [0.2, 0.25) is 0 Å². The summed E-state index contributed by atoms with van der Waals surface area (Å²) in [4.78, 5) is 6.77. The number of rotatable bonds is 2. The monoisotopic (exact) mass is 371 g/mol. The number of fused-ring (bicyclic) bond motifs is 1. The van der Waals surface area contributed by atoms with Gasteiger partial charge in [0.25, 0.3) is 0 Å². The Labute approximate surface area is 152 Å². The molecule has 0 fully saturated rings. The smallest absolute Gasteiger partial charge is 0.0794 e. The van der Waals surface area contributed by atoms with Gasteiger partial charge in [-0.3, -0.25) is 9.20 Å². The van der Waals surface area contributed by atoms with Crippen molar-refractivity contribution in [3.8, 4) is 0 Å². The Hall–Kier alpha value is -1.75. The van der Waals surface area contributed by atoms with Crippen LogP contribution in [0.25, 0.3) is 0 Å². The van der Waals surface area contributed by atoms with Crippen molar-refractivity contribution >= 4 is 45.1 Å². The van der Waals surface area contributed by atoms with Gasteiger partial charge in [0, 0.05) is 22.0 Å². The lowest BCUT2D eigenvalue weighted by Crippen LogP contribution is -2.10. The molecular weight excluding hydrogens is 358 g/mol. The van der Waals surface area contributed by atoms with E-state index in [1.807, 2.05) is 60.0 Å². The van der Waals surface area contributed by atoms with Crippen molar-refractivity contribution in [2.45, 2.75) is 16.6 Å². The predicted molar refractivity (Wildman–Crippen MR) is 102 cm³/mol. The predicted octanol–water partition coefficient (Wildman–Crippen LogP) is 5.77. The molecule has 1 aromatic heterocycles. The fourth-order valence-corrected chi connectivity index (χ4v) is 5.52. The van der Waals surface area contributed by atoms with E-state index in [0.29, 0.717) is 11.4 Å². The molecule has 0 saturated carbocycles. The number of hydrogen-bond acceptors (Lipinski definition) is 3. The summed E-state index contributed by atoms with van der Waals surface area (Å²) in [6.45, 7) is 0. The van der Waals surface area contributed by atoms with Gasteiger partial charge in [0.1, 0.15) is 0 Å². The minimum absolute atomic E-state index is 0.0805. The lowest BCUT2D eigenvalue weighted by molar-refractivity contribution is 0.675. The summed E-state index contributed by atoms with van der Waals surface area (Å²) >= 11 is 7.66. The molecule has 0 saturated heterocycles. The average Bonchev–Trinajstić information content (AvgIpc) is 3.09. The number of aliphatic imine (C=N–C) groups is 1. The maximum Gasteiger partial charge on any atom is 0.0794 e. The Bertz CT molecular complexity index is 917. The van der Waals surface area contributed by atoms with Crippen molar-refractivity contribution in [3.63, 3.8) is 0 Å². The molecule has 1 aliphatic rings. The van der Waals surface area contributed by atoms with E-state index in [1.165, 1.54) is 0 Å². The van der Waals surface area contributed by atoms with Crippen molar-refractivity contribution in [1.29, 1.82) is 0 Å². The zero-order valence-corrected chi connectivity index (χ0v) is 15.1. The first-order valence-corrected chi connectivity index (χ1v) is 10.1. The second-order valence-electron chi connectivity index (χ2n) is 5.54. The maximum atomic E-state index is 13.2. The molecule has 4 rings (SSSR count). The quantitative estimate of drug-likeness (QED) is 0.561. The summed E-state index contributed by atoms with van der Waals surface area (Å²) in [5.41, 5.74) is 2.76. The van der Waals surface area contributed by atoms with Crippen molar-refractivity contribution in [2.24, 2.45) is 4.99 Å². The van der Waals surface area contributed by atoms with Crippen LogP contribution >= 0.6 is 22.9 Å². The van der Waals surface area contributed by atoms with Crippen LogP contribution in [0.15, 0.2) is 75.9 Å². The van der Waals surface area contributed by atoms with E-state index >= 15 is 0 Å². The van der Waals surface area contributed by atoms with Crippen LogP contribution < -0.4 is 0 Å². The number of thiophene rings is 1. The Morgan fingerprint density at radius 3 is 2.58 bits per heavy atom. The van der Waals surface area contributed by atoms with Crippen LogP contribution in [0.2, 0.25) is 5.02 Å². The van der Waals surface area contributed by atoms with E-state index in [-0.39, 0.29) is 5.25 Å². The van der Waals surface area contributed by atoms with Gasteiger partial charge in [-0.1, -0.05) is 41.9 Å². The first kappa shape index (κ1) is 15.8. The molecule has 2 aromatic carbocycles. The highest BCUT2D eigenvalue weighted by atomic mass is 35.5. The molecule has 24 heavy (non-hydrogen) atoms. The topological polar surface area (TPSA) is 29.4 Å². The van der Waals surface area contributed by atoms with Gasteiger partial charge in [0.05, 0.1) is 26.6 Å². The summed E-state index contributed by atoms with van der Waals surface area (Å²) in [5, 5.41) is 2.65. The van der Waals surface area contributed by atoms with Gasteiger partial charge in [-0.25, -0.2) is 0 Å². The van der Waals surface area contributed by atoms with Crippen LogP contribution in [0.4, 0.5) is 5.69 Å². The standard InChI is InChI=1S/C19H14ClNOS2/c20-14-9-7-13(8-10-14)16-12-19(17-5-3-11-23-17)24(22)18-6-2-1-4-15(18)21-16/h1-11,19H,12H2. The highest BCUT2D eigenvalue weighted by molar-refractivity contribution is 7.85. The van der Waals surface area contributed by atoms with Gasteiger partial charge in [-0.15, -0.1) is 11.3 Å². The van der Waals surface area contributed by atoms with Crippen molar-refractivity contribution < 1.29 is 4.21 Å². The van der Waals surface area contributed by atoms with Gasteiger partial charge < -0.3 is 0 Å². The minimum atomic E-state index is -1.13. The SMILES string of the molecule is O=S1c2ccccc2N=C(c2ccc(Cl)cc2)CC1c1cccs1. The molecule has 1 aliphatic heterocycles. The van der Waals surface area contributed by atoms with Crippen molar-refractivity contribution in [1.82, 2.24) is 0 Å². The van der Waals surface area contributed by atoms with Gasteiger partial charge >= 0.3 is 0 Å². The van der Waals surface area contributed by atoms with Crippen LogP contribution in [0, 0.1) is 0 Å². The van der Waals surface area contributed by atoms with Gasteiger partial charge in [-0.2, -0.15) is 0 Å². The molecule has 2 heterocycles. The molecule has 2 nitrogen and oxygen atoms in total. The zero-order chi connectivity index (χ0) is 16.5. The summed E-state index contributed by atoms with van der Waals surface area (Å²) < 4.78 is 13.2. The molecular formula is C19H14ClNOS2. The molecule has 2 unspecified atom stereocenters. The average molecular weight is 372 g/mol. The summed E-state index contributed by atoms with van der Waals surface area (Å²) in [7, 11) is -1.13. The van der Waals surface area contributed by atoms with Gasteiger partial charge in [-0.05, 0) is 41.3 Å². The van der Waals surface area contributed by atoms with Crippen LogP contribution in [0.5, 0.6) is 0 Å². The minimum Gasteiger partial charge on any atom is -0.254 e. The van der Waals surface area contributed by atoms with E-state index in [2.05, 4.69) is 6.07 Å². The third-order valence-electron chi connectivity index (χ3n) is 4.01. The Kier molecular flexibility index (Phi) is 4.35. The van der Waals surface area contributed by atoms with E-state index in [1.54, 1.807) is 11.3 Å².